The fourth-order valence-electron chi connectivity index (χ4n) is 0.110. The van der Waals surface area contributed by atoms with Gasteiger partial charge in [-0.15, -0.1) is 3.82 Å². The van der Waals surface area contributed by atoms with Crippen molar-refractivity contribution in [3.05, 3.63) is 0 Å². The van der Waals surface area contributed by atoms with Gasteiger partial charge < -0.3 is 0 Å². The highest BCUT2D eigenvalue weighted by molar-refractivity contribution is 7.78. The zero-order valence-corrected chi connectivity index (χ0v) is 5.57. The van der Waals surface area contributed by atoms with E-state index in [0.29, 0.717) is 0 Å². The van der Waals surface area contributed by atoms with Crippen molar-refractivity contribution >= 4 is 29.0 Å². The SMILES string of the molecule is CC(=O)N(Cl)S(=O)O. The van der Waals surface area contributed by atoms with E-state index in [1.165, 1.54) is 0 Å². The first-order valence-corrected chi connectivity index (χ1v) is 3.03. The molecule has 1 atom stereocenters. The maximum absolute atomic E-state index is 10.0. The van der Waals surface area contributed by atoms with E-state index in [0.717, 1.165) is 6.92 Å². The van der Waals surface area contributed by atoms with Gasteiger partial charge in [-0.2, -0.15) is 0 Å². The lowest BCUT2D eigenvalue weighted by Crippen LogP contribution is -2.19. The van der Waals surface area contributed by atoms with Gasteiger partial charge >= 0.3 is 0 Å². The first-order chi connectivity index (χ1) is 3.55. The molecule has 1 N–H and O–H groups in total. The normalized spacial score (nSPS) is 12.9. The smallest absolute Gasteiger partial charge is 0.279 e. The van der Waals surface area contributed by atoms with Crippen molar-refractivity contribution in [2.45, 2.75) is 6.92 Å². The van der Waals surface area contributed by atoms with Crippen LogP contribution in [-0.2, 0) is 16.1 Å². The average molecular weight is 158 g/mol. The first kappa shape index (κ1) is 7.87. The van der Waals surface area contributed by atoms with Gasteiger partial charge in [0.1, 0.15) is 0 Å². The Morgan fingerprint density at radius 1 is 1.88 bits per heavy atom. The Morgan fingerprint density at radius 3 is 2.25 bits per heavy atom. The predicted molar refractivity (Wildman–Crippen MR) is 29.1 cm³/mol. The van der Waals surface area contributed by atoms with E-state index in [1.807, 2.05) is 0 Å². The van der Waals surface area contributed by atoms with Crippen molar-refractivity contribution in [1.29, 1.82) is 0 Å². The molecule has 0 aliphatic carbocycles. The number of amides is 1. The van der Waals surface area contributed by atoms with E-state index in [4.69, 9.17) is 16.3 Å². The molecule has 0 saturated carbocycles. The van der Waals surface area contributed by atoms with Crippen LogP contribution in [0.3, 0.4) is 0 Å². The summed E-state index contributed by atoms with van der Waals surface area (Å²) in [6.07, 6.45) is 0. The second-order valence-corrected chi connectivity index (χ2v) is 2.36. The van der Waals surface area contributed by atoms with Gasteiger partial charge in [0.2, 0.25) is 5.91 Å². The van der Waals surface area contributed by atoms with Gasteiger partial charge in [-0.25, -0.2) is 4.21 Å². The van der Waals surface area contributed by atoms with Gasteiger partial charge in [0.15, 0.2) is 0 Å². The van der Waals surface area contributed by atoms with E-state index in [2.05, 4.69) is 0 Å². The molecular formula is C2H4ClNO3S. The van der Waals surface area contributed by atoms with E-state index < -0.39 is 17.2 Å². The molecule has 8 heavy (non-hydrogen) atoms. The van der Waals surface area contributed by atoms with Crippen LogP contribution in [0.4, 0.5) is 0 Å². The molecule has 0 rings (SSSR count). The molecule has 0 radical (unpaired) electrons. The summed E-state index contributed by atoms with van der Waals surface area (Å²) in [5, 5.41) is 0. The molecule has 0 aliphatic rings. The number of halogens is 1. The summed E-state index contributed by atoms with van der Waals surface area (Å²) in [7, 11) is 0. The summed E-state index contributed by atoms with van der Waals surface area (Å²) in [5.41, 5.74) is 0. The van der Waals surface area contributed by atoms with E-state index in [9.17, 15) is 9.00 Å². The van der Waals surface area contributed by atoms with Gasteiger partial charge in [0.05, 0.1) is 0 Å². The van der Waals surface area contributed by atoms with Crippen LogP contribution in [0.2, 0.25) is 0 Å². The molecule has 0 aliphatic heterocycles. The molecule has 0 heterocycles. The zero-order valence-electron chi connectivity index (χ0n) is 4.00. The third-order valence-corrected chi connectivity index (χ3v) is 1.51. The van der Waals surface area contributed by atoms with Crippen LogP contribution < -0.4 is 0 Å². The summed E-state index contributed by atoms with van der Waals surface area (Å²) in [6, 6.07) is 0. The third-order valence-electron chi connectivity index (χ3n) is 0.385. The molecule has 1 amide bonds. The number of hydrogen-bond acceptors (Lipinski definition) is 2. The van der Waals surface area contributed by atoms with Crippen molar-refractivity contribution < 1.29 is 13.6 Å². The van der Waals surface area contributed by atoms with Crippen LogP contribution in [0.5, 0.6) is 0 Å². The van der Waals surface area contributed by atoms with Crippen molar-refractivity contribution in [2.75, 3.05) is 0 Å². The minimum absolute atomic E-state index is 0.194. The molecule has 4 nitrogen and oxygen atoms in total. The van der Waals surface area contributed by atoms with Gasteiger partial charge in [0.25, 0.3) is 11.3 Å². The maximum Gasteiger partial charge on any atom is 0.279 e. The molecule has 0 fully saturated rings. The average Bonchev–Trinajstić information content (AvgIpc) is 1.64. The fourth-order valence-corrected chi connectivity index (χ4v) is 0.330. The van der Waals surface area contributed by atoms with E-state index in [-0.39, 0.29) is 3.82 Å². The van der Waals surface area contributed by atoms with Crippen LogP contribution in [0, 0.1) is 0 Å². The van der Waals surface area contributed by atoms with Gasteiger partial charge in [0, 0.05) is 18.7 Å². The number of nitrogens with zero attached hydrogens (tertiary/aromatic N) is 1. The van der Waals surface area contributed by atoms with Crippen molar-refractivity contribution in [3.8, 4) is 0 Å². The Hall–Kier alpha value is -0.130. The van der Waals surface area contributed by atoms with Crippen LogP contribution in [-0.4, -0.2) is 18.5 Å². The monoisotopic (exact) mass is 157 g/mol. The number of carbonyl (C=O) groups is 1. The minimum Gasteiger partial charge on any atom is -0.288 e. The molecule has 0 aromatic heterocycles. The lowest BCUT2D eigenvalue weighted by Gasteiger charge is -2.01. The summed E-state index contributed by atoms with van der Waals surface area (Å²) < 4.78 is 18.1. The number of hydrogen-bond donors (Lipinski definition) is 1. The standard InChI is InChI=1S/C2H4ClNO3S/c1-2(5)4(3)8(6)7/h1H3,(H,6,7). The zero-order chi connectivity index (χ0) is 6.73. The van der Waals surface area contributed by atoms with E-state index in [1.54, 1.807) is 0 Å². The Balaban J connectivity index is 3.83. The van der Waals surface area contributed by atoms with Gasteiger partial charge in [-0.3, -0.25) is 9.35 Å². The van der Waals surface area contributed by atoms with Crippen LogP contribution in [0.15, 0.2) is 0 Å². The molecule has 0 saturated heterocycles. The fraction of sp³-hybridized carbons (Fsp3) is 0.500. The van der Waals surface area contributed by atoms with Gasteiger partial charge in [-0.1, -0.05) is 0 Å². The van der Waals surface area contributed by atoms with Crippen LogP contribution >= 0.6 is 11.8 Å². The number of rotatable bonds is 1. The molecule has 48 valence electrons. The largest absolute Gasteiger partial charge is 0.288 e. The summed E-state index contributed by atoms with van der Waals surface area (Å²) in [4.78, 5) is 10.0. The highest BCUT2D eigenvalue weighted by Gasteiger charge is 2.09. The van der Waals surface area contributed by atoms with Gasteiger partial charge in [-0.05, 0) is 0 Å². The van der Waals surface area contributed by atoms with Crippen LogP contribution in [0.25, 0.3) is 0 Å². The molecule has 0 aromatic carbocycles. The topological polar surface area (TPSA) is 57.6 Å². The Bertz CT molecular complexity index is 112. The highest BCUT2D eigenvalue weighted by Crippen LogP contribution is 1.95. The lowest BCUT2D eigenvalue weighted by atomic mass is 10.8. The Labute approximate surface area is 54.0 Å². The predicted octanol–water partition coefficient (Wildman–Crippen LogP) is 0.125. The second kappa shape index (κ2) is 3.01. The molecular weight excluding hydrogens is 154 g/mol. The quantitative estimate of drug-likeness (QED) is 0.435. The summed E-state index contributed by atoms with van der Waals surface area (Å²) in [6.45, 7) is 1.08. The first-order valence-electron chi connectivity index (χ1n) is 1.63. The summed E-state index contributed by atoms with van der Waals surface area (Å²) in [5.74, 6) is -0.660. The molecule has 0 spiro atoms. The Kier molecular flexibility index (Phi) is 2.96. The van der Waals surface area contributed by atoms with Crippen molar-refractivity contribution in [1.82, 2.24) is 3.82 Å². The second-order valence-electron chi connectivity index (χ2n) is 0.995. The molecule has 0 bridgehead atoms. The van der Waals surface area contributed by atoms with E-state index >= 15 is 0 Å². The molecule has 0 aromatic rings. The molecule has 1 unspecified atom stereocenters. The number of carbonyl (C=O) groups excluding carboxylic acids is 1. The highest BCUT2D eigenvalue weighted by atomic mass is 35.5. The minimum atomic E-state index is -2.39. The lowest BCUT2D eigenvalue weighted by molar-refractivity contribution is -0.121. The van der Waals surface area contributed by atoms with Crippen molar-refractivity contribution in [2.24, 2.45) is 0 Å². The summed E-state index contributed by atoms with van der Waals surface area (Å²) >= 11 is 2.49. The molecule has 6 heteroatoms. The van der Waals surface area contributed by atoms with Crippen LogP contribution in [0.1, 0.15) is 6.92 Å². The van der Waals surface area contributed by atoms with Crippen molar-refractivity contribution in [3.63, 3.8) is 0 Å². The Morgan fingerprint density at radius 2 is 2.25 bits per heavy atom. The third kappa shape index (κ3) is 2.25. The maximum atomic E-state index is 10.0.